The van der Waals surface area contributed by atoms with E-state index in [1.54, 1.807) is 66.7 Å². The average molecular weight is 618 g/mol. The first-order valence-electron chi connectivity index (χ1n) is 14.2. The number of para-hydroxylation sites is 1. The van der Waals surface area contributed by atoms with Crippen LogP contribution in [-0.4, -0.2) is 44.3 Å². The molecule has 0 radical (unpaired) electrons. The number of sulfonamides is 1. The van der Waals surface area contributed by atoms with Gasteiger partial charge in [0, 0.05) is 24.5 Å². The van der Waals surface area contributed by atoms with Crippen LogP contribution in [-0.2, 0) is 32.6 Å². The van der Waals surface area contributed by atoms with Gasteiger partial charge >= 0.3 is 0 Å². The van der Waals surface area contributed by atoms with Crippen LogP contribution in [0, 0.1) is 6.92 Å². The normalized spacial score (nSPS) is 11.9. The fourth-order valence-electron chi connectivity index (χ4n) is 4.67. The molecule has 0 aliphatic carbocycles. The maximum atomic E-state index is 14.4. The molecule has 0 saturated carbocycles. The van der Waals surface area contributed by atoms with Crippen LogP contribution in [0.25, 0.3) is 0 Å². The summed E-state index contributed by atoms with van der Waals surface area (Å²) in [5, 5.41) is 3.49. The van der Waals surface area contributed by atoms with Crippen LogP contribution in [0.5, 0.6) is 0 Å². The van der Waals surface area contributed by atoms with Crippen LogP contribution in [0.4, 0.5) is 5.69 Å². The van der Waals surface area contributed by atoms with Gasteiger partial charge < -0.3 is 10.2 Å². The Hall–Kier alpha value is -4.14. The summed E-state index contributed by atoms with van der Waals surface area (Å²) in [5.74, 6) is -0.817. The largest absolute Gasteiger partial charge is 0.354 e. The van der Waals surface area contributed by atoms with Gasteiger partial charge in [-0.3, -0.25) is 13.9 Å². The molecule has 4 aromatic carbocycles. The van der Waals surface area contributed by atoms with Crippen LogP contribution < -0.4 is 9.62 Å². The lowest BCUT2D eigenvalue weighted by Gasteiger charge is -2.34. The second-order valence-electron chi connectivity index (χ2n) is 10.3. The van der Waals surface area contributed by atoms with Crippen molar-refractivity contribution in [3.05, 3.63) is 131 Å². The second kappa shape index (κ2) is 14.8. The third-order valence-corrected chi connectivity index (χ3v) is 9.06. The molecule has 9 heteroatoms. The molecule has 1 atom stereocenters. The molecular weight excluding hydrogens is 582 g/mol. The van der Waals surface area contributed by atoms with Crippen molar-refractivity contribution in [1.29, 1.82) is 0 Å². The summed E-state index contributed by atoms with van der Waals surface area (Å²) < 4.78 is 29.1. The highest BCUT2D eigenvalue weighted by Crippen LogP contribution is 2.25. The summed E-state index contributed by atoms with van der Waals surface area (Å²) in [6.45, 7) is 3.86. The lowest BCUT2D eigenvalue weighted by Crippen LogP contribution is -2.53. The number of amides is 2. The van der Waals surface area contributed by atoms with Gasteiger partial charge in [0.1, 0.15) is 12.6 Å². The van der Waals surface area contributed by atoms with E-state index < -0.39 is 28.5 Å². The zero-order chi connectivity index (χ0) is 30.8. The van der Waals surface area contributed by atoms with Gasteiger partial charge in [-0.05, 0) is 60.9 Å². The highest BCUT2D eigenvalue weighted by atomic mass is 35.5. The molecule has 0 spiro atoms. The summed E-state index contributed by atoms with van der Waals surface area (Å²) in [5.41, 5.74) is 2.89. The summed E-state index contributed by atoms with van der Waals surface area (Å²) in [7, 11) is -4.13. The summed E-state index contributed by atoms with van der Waals surface area (Å²) in [6, 6.07) is 30.6. The number of hydrogen-bond acceptors (Lipinski definition) is 4. The number of carbonyl (C=O) groups excluding carboxylic acids is 2. The first kappa shape index (κ1) is 31.8. The second-order valence-corrected chi connectivity index (χ2v) is 12.6. The van der Waals surface area contributed by atoms with Crippen molar-refractivity contribution in [1.82, 2.24) is 10.2 Å². The predicted molar refractivity (Wildman–Crippen MR) is 171 cm³/mol. The van der Waals surface area contributed by atoms with Gasteiger partial charge in [-0.1, -0.05) is 96.9 Å². The van der Waals surface area contributed by atoms with Gasteiger partial charge in [0.25, 0.3) is 10.0 Å². The molecule has 43 heavy (non-hydrogen) atoms. The Morgan fingerprint density at radius 1 is 0.814 bits per heavy atom. The minimum Gasteiger partial charge on any atom is -0.354 e. The Morgan fingerprint density at radius 3 is 2.02 bits per heavy atom. The van der Waals surface area contributed by atoms with Crippen LogP contribution in [0.2, 0.25) is 5.02 Å². The van der Waals surface area contributed by atoms with Gasteiger partial charge in [-0.15, -0.1) is 0 Å². The SMILES string of the molecule is CCCNC(=O)[C@H](Cc1ccccc1)N(Cc1ccc(Cl)cc1)C(=O)CN(c1ccccc1)S(=O)(=O)c1ccc(C)cc1. The lowest BCUT2D eigenvalue weighted by atomic mass is 10.0. The van der Waals surface area contributed by atoms with Gasteiger partial charge in [0.05, 0.1) is 10.6 Å². The van der Waals surface area contributed by atoms with Crippen molar-refractivity contribution < 1.29 is 18.0 Å². The molecule has 2 amide bonds. The minimum absolute atomic E-state index is 0.0699. The molecular formula is C34H36ClN3O4S. The van der Waals surface area contributed by atoms with E-state index in [9.17, 15) is 18.0 Å². The first-order chi connectivity index (χ1) is 20.7. The molecule has 4 aromatic rings. The van der Waals surface area contributed by atoms with Gasteiger partial charge in [-0.25, -0.2) is 8.42 Å². The molecule has 0 aromatic heterocycles. The molecule has 0 unspecified atom stereocenters. The number of rotatable bonds is 13. The Kier molecular flexibility index (Phi) is 11.0. The zero-order valence-electron chi connectivity index (χ0n) is 24.3. The number of benzene rings is 4. The Labute approximate surface area is 259 Å². The van der Waals surface area contributed by atoms with Crippen molar-refractivity contribution in [3.8, 4) is 0 Å². The molecule has 0 aliphatic heterocycles. The van der Waals surface area contributed by atoms with E-state index in [0.717, 1.165) is 27.4 Å². The van der Waals surface area contributed by atoms with Gasteiger partial charge in [0.2, 0.25) is 11.8 Å². The maximum Gasteiger partial charge on any atom is 0.264 e. The third kappa shape index (κ3) is 8.46. The smallest absolute Gasteiger partial charge is 0.264 e. The van der Waals surface area contributed by atoms with Crippen molar-refractivity contribution in [2.24, 2.45) is 0 Å². The maximum absolute atomic E-state index is 14.4. The topological polar surface area (TPSA) is 86.8 Å². The van der Waals surface area contributed by atoms with Crippen molar-refractivity contribution in [2.45, 2.75) is 44.2 Å². The number of anilines is 1. The number of nitrogens with one attached hydrogen (secondary N) is 1. The Morgan fingerprint density at radius 2 is 1.42 bits per heavy atom. The molecule has 4 rings (SSSR count). The van der Waals surface area contributed by atoms with Crippen LogP contribution in [0.15, 0.2) is 114 Å². The monoisotopic (exact) mass is 617 g/mol. The molecule has 0 aliphatic rings. The molecule has 224 valence electrons. The van der Waals surface area contributed by atoms with E-state index in [0.29, 0.717) is 17.3 Å². The van der Waals surface area contributed by atoms with E-state index in [1.165, 1.54) is 17.0 Å². The fraction of sp³-hybridized carbons (Fsp3) is 0.235. The van der Waals surface area contributed by atoms with Gasteiger partial charge in [0.15, 0.2) is 0 Å². The summed E-state index contributed by atoms with van der Waals surface area (Å²) in [4.78, 5) is 29.5. The standard InChI is InChI=1S/C34H36ClN3O4S/c1-3-22-36-34(40)32(23-27-10-6-4-7-11-27)37(24-28-16-18-29(35)19-17-28)33(39)25-38(30-12-8-5-9-13-30)43(41,42)31-20-14-26(2)15-21-31/h4-21,32H,3,22-25H2,1-2H3,(H,36,40)/t32-/m0/s1. The van der Waals surface area contributed by atoms with E-state index in [1.807, 2.05) is 44.2 Å². The molecule has 0 fully saturated rings. The molecule has 0 bridgehead atoms. The van der Waals surface area contributed by atoms with E-state index in [4.69, 9.17) is 11.6 Å². The minimum atomic E-state index is -4.13. The van der Waals surface area contributed by atoms with Crippen LogP contribution in [0.1, 0.15) is 30.0 Å². The zero-order valence-corrected chi connectivity index (χ0v) is 25.9. The van der Waals surface area contributed by atoms with E-state index >= 15 is 0 Å². The number of hydrogen-bond donors (Lipinski definition) is 1. The fourth-order valence-corrected chi connectivity index (χ4v) is 6.21. The third-order valence-electron chi connectivity index (χ3n) is 7.02. The van der Waals surface area contributed by atoms with E-state index in [2.05, 4.69) is 5.32 Å². The predicted octanol–water partition coefficient (Wildman–Crippen LogP) is 6.01. The number of halogens is 1. The first-order valence-corrected chi connectivity index (χ1v) is 16.0. The Bertz CT molecular complexity index is 1600. The highest BCUT2D eigenvalue weighted by Gasteiger charge is 2.34. The Balaban J connectivity index is 1.77. The molecule has 0 saturated heterocycles. The van der Waals surface area contributed by atoms with Crippen LogP contribution in [0.3, 0.4) is 0 Å². The molecule has 0 heterocycles. The summed E-state index contributed by atoms with van der Waals surface area (Å²) >= 11 is 6.13. The van der Waals surface area contributed by atoms with Gasteiger partial charge in [-0.2, -0.15) is 0 Å². The van der Waals surface area contributed by atoms with Crippen molar-refractivity contribution in [3.63, 3.8) is 0 Å². The lowest BCUT2D eigenvalue weighted by molar-refractivity contribution is -0.140. The highest BCUT2D eigenvalue weighted by molar-refractivity contribution is 7.92. The van der Waals surface area contributed by atoms with Crippen molar-refractivity contribution >= 4 is 39.1 Å². The molecule has 7 nitrogen and oxygen atoms in total. The van der Waals surface area contributed by atoms with E-state index in [-0.39, 0.29) is 23.8 Å². The summed E-state index contributed by atoms with van der Waals surface area (Å²) in [6.07, 6.45) is 0.983. The molecule has 1 N–H and O–H groups in total. The number of nitrogens with zero attached hydrogens (tertiary/aromatic N) is 2. The van der Waals surface area contributed by atoms with Crippen molar-refractivity contribution in [2.75, 3.05) is 17.4 Å². The average Bonchev–Trinajstić information content (AvgIpc) is 3.02. The quantitative estimate of drug-likeness (QED) is 0.199. The van der Waals surface area contributed by atoms with Crippen LogP contribution >= 0.6 is 11.6 Å². The number of aryl methyl sites for hydroxylation is 1. The number of carbonyl (C=O) groups is 2.